The highest BCUT2D eigenvalue weighted by Gasteiger charge is 2.58. The lowest BCUT2D eigenvalue weighted by atomic mass is 9.84. The van der Waals surface area contributed by atoms with Crippen molar-refractivity contribution >= 4 is 6.34 Å². The van der Waals surface area contributed by atoms with Crippen LogP contribution in [-0.4, -0.2) is 28.0 Å². The summed E-state index contributed by atoms with van der Waals surface area (Å²) in [6.45, 7) is -1.12. The predicted octanol–water partition coefficient (Wildman–Crippen LogP) is 3.10. The lowest BCUT2D eigenvalue weighted by molar-refractivity contribution is -0.203. The Morgan fingerprint density at radius 1 is 0.971 bits per heavy atom. The van der Waals surface area contributed by atoms with Gasteiger partial charge in [0.2, 0.25) is 0 Å². The maximum absolute atomic E-state index is 15.6. The summed E-state index contributed by atoms with van der Waals surface area (Å²) in [6, 6.07) is 6.21. The molecule has 0 aliphatic carbocycles. The van der Waals surface area contributed by atoms with Gasteiger partial charge in [-0.05, 0) is 42.5 Å². The molecule has 0 aliphatic rings. The Hall–Kier alpha value is -4.08. The SMILES string of the molecule is N/N=C\N(N)CC(O)(c1ccc(F)cc1F)C(F)(F)c1ccc(C#Cc2cc(F)ccc2F)cn1. The Morgan fingerprint density at radius 2 is 1.66 bits per heavy atom. The molecule has 1 atom stereocenters. The first-order chi connectivity index (χ1) is 16.5. The molecule has 3 aromatic rings. The van der Waals surface area contributed by atoms with Crippen molar-refractivity contribution < 1.29 is 31.4 Å². The summed E-state index contributed by atoms with van der Waals surface area (Å²) < 4.78 is 86.0. The van der Waals surface area contributed by atoms with Gasteiger partial charge in [0.1, 0.15) is 35.3 Å². The van der Waals surface area contributed by atoms with Gasteiger partial charge in [-0.3, -0.25) is 9.99 Å². The minimum atomic E-state index is -4.29. The van der Waals surface area contributed by atoms with E-state index in [9.17, 15) is 22.7 Å². The number of pyridine rings is 1. The first-order valence-electron chi connectivity index (χ1n) is 9.72. The van der Waals surface area contributed by atoms with Gasteiger partial charge in [0.05, 0.1) is 12.1 Å². The number of hydrazone groups is 1. The van der Waals surface area contributed by atoms with Gasteiger partial charge in [0.25, 0.3) is 0 Å². The molecule has 0 amide bonds. The lowest BCUT2D eigenvalue weighted by Crippen LogP contribution is -2.53. The molecule has 1 unspecified atom stereocenters. The molecule has 1 heterocycles. The van der Waals surface area contributed by atoms with Crippen LogP contribution in [0.15, 0.2) is 59.8 Å². The van der Waals surface area contributed by atoms with Gasteiger partial charge in [-0.1, -0.05) is 11.8 Å². The van der Waals surface area contributed by atoms with E-state index < -0.39 is 52.6 Å². The van der Waals surface area contributed by atoms with Crippen molar-refractivity contribution in [2.75, 3.05) is 6.54 Å². The van der Waals surface area contributed by atoms with Crippen LogP contribution in [-0.2, 0) is 11.5 Å². The van der Waals surface area contributed by atoms with Gasteiger partial charge in [-0.25, -0.2) is 23.4 Å². The zero-order valence-corrected chi connectivity index (χ0v) is 17.7. The smallest absolute Gasteiger partial charge is 0.323 e. The van der Waals surface area contributed by atoms with Crippen LogP contribution in [0.25, 0.3) is 0 Å². The second kappa shape index (κ2) is 10.0. The maximum atomic E-state index is 15.6. The Kier molecular flexibility index (Phi) is 7.33. The monoisotopic (exact) mass is 493 g/mol. The minimum absolute atomic E-state index is 0.0560. The zero-order valence-electron chi connectivity index (χ0n) is 17.7. The molecular formula is C23H17F6N5O. The molecule has 1 aromatic heterocycles. The standard InChI is InChI=1S/C23H17F6N5O/c24-16-5-7-19(26)15(9-16)3-1-14-2-8-21(32-11-14)23(28,29)22(35,12-34(31)13-33-30)18-6-4-17(25)10-20(18)27/h2,4-11,13,35H,12,30-31H2/b33-13-. The number of rotatable bonds is 6. The van der Waals surface area contributed by atoms with Crippen LogP contribution in [0.4, 0.5) is 26.3 Å². The van der Waals surface area contributed by atoms with Crippen LogP contribution in [0.2, 0.25) is 0 Å². The van der Waals surface area contributed by atoms with E-state index in [1.54, 1.807) is 0 Å². The Morgan fingerprint density at radius 3 is 2.29 bits per heavy atom. The van der Waals surface area contributed by atoms with Crippen LogP contribution < -0.4 is 11.7 Å². The fourth-order valence-corrected chi connectivity index (χ4v) is 3.17. The number of aromatic nitrogens is 1. The van der Waals surface area contributed by atoms with Crippen LogP contribution in [0, 0.1) is 35.1 Å². The highest BCUT2D eigenvalue weighted by molar-refractivity contribution is 5.54. The van der Waals surface area contributed by atoms with Crippen molar-refractivity contribution in [2.45, 2.75) is 11.5 Å². The van der Waals surface area contributed by atoms with E-state index in [1.807, 2.05) is 0 Å². The summed E-state index contributed by atoms with van der Waals surface area (Å²) in [7, 11) is 0. The second-order valence-corrected chi connectivity index (χ2v) is 7.30. The molecule has 35 heavy (non-hydrogen) atoms. The molecular weight excluding hydrogens is 476 g/mol. The van der Waals surface area contributed by atoms with Crippen molar-refractivity contribution in [3.05, 3.63) is 100 Å². The average Bonchev–Trinajstić information content (AvgIpc) is 2.79. The molecule has 0 saturated heterocycles. The summed E-state index contributed by atoms with van der Waals surface area (Å²) in [5, 5.41) is 14.6. The van der Waals surface area contributed by atoms with Crippen molar-refractivity contribution in [3.63, 3.8) is 0 Å². The number of halogens is 6. The number of nitrogens with zero attached hydrogens (tertiary/aromatic N) is 3. The largest absolute Gasteiger partial charge is 0.377 e. The van der Waals surface area contributed by atoms with E-state index in [1.165, 1.54) is 0 Å². The number of aliphatic hydroxyl groups is 1. The first kappa shape index (κ1) is 25.5. The first-order valence-corrected chi connectivity index (χ1v) is 9.72. The Bertz CT molecular complexity index is 1310. The van der Waals surface area contributed by atoms with Crippen molar-refractivity contribution in [3.8, 4) is 11.8 Å². The molecule has 0 spiro atoms. The predicted molar refractivity (Wildman–Crippen MR) is 114 cm³/mol. The molecule has 5 N–H and O–H groups in total. The van der Waals surface area contributed by atoms with E-state index in [-0.39, 0.29) is 11.1 Å². The molecule has 0 fully saturated rings. The molecule has 0 aliphatic heterocycles. The number of hydrazine groups is 1. The zero-order chi connectivity index (χ0) is 25.8. The molecule has 6 nitrogen and oxygen atoms in total. The van der Waals surface area contributed by atoms with E-state index in [4.69, 9.17) is 11.7 Å². The third kappa shape index (κ3) is 5.37. The van der Waals surface area contributed by atoms with Crippen molar-refractivity contribution in [1.29, 1.82) is 0 Å². The van der Waals surface area contributed by atoms with E-state index in [0.29, 0.717) is 29.5 Å². The summed E-state index contributed by atoms with van der Waals surface area (Å²) in [4.78, 5) is 3.60. The van der Waals surface area contributed by atoms with Crippen molar-refractivity contribution in [1.82, 2.24) is 9.99 Å². The molecule has 0 saturated carbocycles. The molecule has 182 valence electrons. The van der Waals surface area contributed by atoms with Gasteiger partial charge in [0.15, 0.2) is 5.60 Å². The number of hydrogen-bond donors (Lipinski definition) is 3. The quantitative estimate of drug-likeness (QED) is 0.122. The fourth-order valence-electron chi connectivity index (χ4n) is 3.17. The van der Waals surface area contributed by atoms with E-state index >= 15 is 8.78 Å². The minimum Gasteiger partial charge on any atom is -0.377 e. The number of benzene rings is 2. The van der Waals surface area contributed by atoms with Gasteiger partial charge in [-0.2, -0.15) is 13.9 Å². The second-order valence-electron chi connectivity index (χ2n) is 7.30. The third-order valence-electron chi connectivity index (χ3n) is 4.88. The fraction of sp³-hybridized carbons (Fsp3) is 0.130. The highest BCUT2D eigenvalue weighted by Crippen LogP contribution is 2.45. The summed E-state index contributed by atoms with van der Waals surface area (Å²) in [6.07, 6.45) is 1.61. The summed E-state index contributed by atoms with van der Waals surface area (Å²) in [5.41, 5.74) is -5.53. The number of alkyl halides is 2. The van der Waals surface area contributed by atoms with Gasteiger partial charge >= 0.3 is 5.92 Å². The Balaban J connectivity index is 2.02. The number of hydrogen-bond acceptors (Lipinski definition) is 5. The third-order valence-corrected chi connectivity index (χ3v) is 4.88. The van der Waals surface area contributed by atoms with Crippen LogP contribution in [0.3, 0.4) is 0 Å². The molecule has 12 heteroatoms. The van der Waals surface area contributed by atoms with Gasteiger partial charge in [-0.15, -0.1) is 0 Å². The van der Waals surface area contributed by atoms with Crippen LogP contribution in [0.1, 0.15) is 22.4 Å². The molecule has 0 bridgehead atoms. The van der Waals surface area contributed by atoms with E-state index in [2.05, 4.69) is 21.9 Å². The molecule has 2 aromatic carbocycles. The average molecular weight is 493 g/mol. The van der Waals surface area contributed by atoms with Crippen LogP contribution in [0.5, 0.6) is 0 Å². The lowest BCUT2D eigenvalue weighted by Gasteiger charge is -2.37. The van der Waals surface area contributed by atoms with Crippen LogP contribution >= 0.6 is 0 Å². The maximum Gasteiger partial charge on any atom is 0.323 e. The Labute approximate surface area is 195 Å². The number of nitrogens with two attached hydrogens (primary N) is 2. The van der Waals surface area contributed by atoms with Gasteiger partial charge < -0.3 is 10.9 Å². The normalized spacial score (nSPS) is 13.3. The topological polar surface area (TPSA) is 101 Å². The summed E-state index contributed by atoms with van der Waals surface area (Å²) in [5.74, 6) is 6.99. The highest BCUT2D eigenvalue weighted by atomic mass is 19.3. The summed E-state index contributed by atoms with van der Waals surface area (Å²) >= 11 is 0. The van der Waals surface area contributed by atoms with Gasteiger partial charge in [0, 0.05) is 23.4 Å². The molecule has 3 rings (SSSR count). The van der Waals surface area contributed by atoms with E-state index in [0.717, 1.165) is 36.5 Å². The molecule has 0 radical (unpaired) electrons. The van der Waals surface area contributed by atoms with Crippen molar-refractivity contribution in [2.24, 2.45) is 16.8 Å².